The molecule has 1 atom stereocenters. The highest BCUT2D eigenvalue weighted by Crippen LogP contribution is 2.40. The molecule has 2 rings (SSSR count). The fraction of sp³-hybridized carbons (Fsp3) is 0.538. The van der Waals surface area contributed by atoms with Gasteiger partial charge in [0.25, 0.3) is 5.91 Å². The molecule has 5 heteroatoms. The molecule has 1 aromatic rings. The number of nitrogens with one attached hydrogen (secondary N) is 1. The molecule has 1 aliphatic carbocycles. The molecule has 1 amide bonds. The number of carbonyl (C=O) groups excluding carboxylic acids is 1. The maximum absolute atomic E-state index is 12.1. The van der Waals surface area contributed by atoms with E-state index in [0.29, 0.717) is 4.88 Å². The summed E-state index contributed by atoms with van der Waals surface area (Å²) in [5, 5.41) is 12.0. The Labute approximate surface area is 110 Å². The van der Waals surface area contributed by atoms with Gasteiger partial charge in [0.15, 0.2) is 0 Å². The van der Waals surface area contributed by atoms with Crippen LogP contribution in [0.2, 0.25) is 0 Å². The molecule has 4 nitrogen and oxygen atoms in total. The molecule has 98 valence electrons. The minimum Gasteiger partial charge on any atom is -0.480 e. The van der Waals surface area contributed by atoms with Gasteiger partial charge < -0.3 is 10.4 Å². The lowest BCUT2D eigenvalue weighted by atomic mass is 9.96. The van der Waals surface area contributed by atoms with Crippen LogP contribution >= 0.6 is 11.3 Å². The molecule has 0 radical (unpaired) electrons. The summed E-state index contributed by atoms with van der Waals surface area (Å²) in [5.41, 5.74) is -1.13. The Kier molecular flexibility index (Phi) is 3.43. The lowest BCUT2D eigenvalue weighted by molar-refractivity contribution is -0.144. The Balaban J connectivity index is 2.12. The summed E-state index contributed by atoms with van der Waals surface area (Å²) >= 11 is 1.42. The lowest BCUT2D eigenvalue weighted by Gasteiger charge is -2.25. The molecule has 1 unspecified atom stereocenters. The van der Waals surface area contributed by atoms with E-state index >= 15 is 0 Å². The summed E-state index contributed by atoms with van der Waals surface area (Å²) < 4.78 is 0. The van der Waals surface area contributed by atoms with Gasteiger partial charge in [-0.15, -0.1) is 11.3 Å². The van der Waals surface area contributed by atoms with Gasteiger partial charge in [-0.25, -0.2) is 4.79 Å². The Bertz CT molecular complexity index is 478. The van der Waals surface area contributed by atoms with Crippen LogP contribution in [0.15, 0.2) is 12.1 Å². The SMILES string of the molecule is CCc1ccc(C(=O)NC(C)(C(=O)O)C2CC2)s1. The smallest absolute Gasteiger partial charge is 0.329 e. The van der Waals surface area contributed by atoms with Gasteiger partial charge >= 0.3 is 5.97 Å². The van der Waals surface area contributed by atoms with E-state index in [-0.39, 0.29) is 11.8 Å². The number of aliphatic carboxylic acids is 1. The highest BCUT2D eigenvalue weighted by Gasteiger charge is 2.48. The van der Waals surface area contributed by atoms with Gasteiger partial charge in [-0.3, -0.25) is 4.79 Å². The third-order valence-corrected chi connectivity index (χ3v) is 4.67. The lowest BCUT2D eigenvalue weighted by Crippen LogP contribution is -2.53. The quantitative estimate of drug-likeness (QED) is 0.860. The predicted molar refractivity (Wildman–Crippen MR) is 69.9 cm³/mol. The molecule has 0 aliphatic heterocycles. The van der Waals surface area contributed by atoms with Crippen molar-refractivity contribution in [3.63, 3.8) is 0 Å². The number of carboxylic acid groups (broad SMARTS) is 1. The molecule has 0 aromatic carbocycles. The van der Waals surface area contributed by atoms with Crippen LogP contribution in [0.5, 0.6) is 0 Å². The minimum atomic E-state index is -1.13. The zero-order chi connectivity index (χ0) is 13.3. The van der Waals surface area contributed by atoms with E-state index in [9.17, 15) is 14.7 Å². The Morgan fingerprint density at radius 2 is 2.17 bits per heavy atom. The summed E-state index contributed by atoms with van der Waals surface area (Å²) in [7, 11) is 0. The number of hydrogen-bond acceptors (Lipinski definition) is 3. The number of hydrogen-bond donors (Lipinski definition) is 2. The molecule has 2 N–H and O–H groups in total. The van der Waals surface area contributed by atoms with Crippen molar-refractivity contribution in [3.05, 3.63) is 21.9 Å². The van der Waals surface area contributed by atoms with E-state index in [1.807, 2.05) is 13.0 Å². The van der Waals surface area contributed by atoms with E-state index in [1.165, 1.54) is 11.3 Å². The first kappa shape index (κ1) is 13.1. The number of aryl methyl sites for hydroxylation is 1. The summed E-state index contributed by atoms with van der Waals surface area (Å²) in [4.78, 5) is 25.1. The number of thiophene rings is 1. The summed E-state index contributed by atoms with van der Waals surface area (Å²) in [6.07, 6.45) is 2.62. The first-order chi connectivity index (χ1) is 8.47. The Morgan fingerprint density at radius 1 is 1.50 bits per heavy atom. The Hall–Kier alpha value is -1.36. The van der Waals surface area contributed by atoms with Crippen molar-refractivity contribution < 1.29 is 14.7 Å². The standard InChI is InChI=1S/C13H17NO3S/c1-3-9-6-7-10(18-9)11(15)14-13(2,12(16)17)8-4-5-8/h6-8H,3-5H2,1-2H3,(H,14,15)(H,16,17). The second-order valence-corrected chi connectivity index (χ2v) is 6.02. The molecule has 1 heterocycles. The van der Waals surface area contributed by atoms with Gasteiger partial charge in [-0.05, 0) is 44.2 Å². The van der Waals surface area contributed by atoms with Crippen LogP contribution in [0.25, 0.3) is 0 Å². The van der Waals surface area contributed by atoms with Crippen molar-refractivity contribution in [1.29, 1.82) is 0 Å². The van der Waals surface area contributed by atoms with Crippen molar-refractivity contribution in [2.24, 2.45) is 5.92 Å². The molecule has 0 spiro atoms. The number of carboxylic acids is 1. The largest absolute Gasteiger partial charge is 0.480 e. The van der Waals surface area contributed by atoms with Crippen molar-refractivity contribution in [1.82, 2.24) is 5.32 Å². The van der Waals surface area contributed by atoms with Crippen LogP contribution in [-0.2, 0) is 11.2 Å². The summed E-state index contributed by atoms with van der Waals surface area (Å²) in [6, 6.07) is 3.67. The average Bonchev–Trinajstić information content (AvgIpc) is 3.07. The molecule has 1 aliphatic rings. The molecule has 1 fully saturated rings. The van der Waals surface area contributed by atoms with E-state index in [2.05, 4.69) is 5.32 Å². The van der Waals surface area contributed by atoms with E-state index in [0.717, 1.165) is 24.1 Å². The van der Waals surface area contributed by atoms with Gasteiger partial charge in [-0.2, -0.15) is 0 Å². The number of rotatable bonds is 5. The first-order valence-corrected chi connectivity index (χ1v) is 6.93. The van der Waals surface area contributed by atoms with E-state index in [1.54, 1.807) is 13.0 Å². The zero-order valence-electron chi connectivity index (χ0n) is 10.5. The van der Waals surface area contributed by atoms with Gasteiger partial charge in [-0.1, -0.05) is 6.92 Å². The number of carbonyl (C=O) groups is 2. The third kappa shape index (κ3) is 2.41. The Morgan fingerprint density at radius 3 is 2.61 bits per heavy atom. The van der Waals surface area contributed by atoms with E-state index in [4.69, 9.17) is 0 Å². The van der Waals surface area contributed by atoms with Crippen LogP contribution in [-0.4, -0.2) is 22.5 Å². The normalized spacial score (nSPS) is 18.1. The molecule has 18 heavy (non-hydrogen) atoms. The zero-order valence-corrected chi connectivity index (χ0v) is 11.3. The third-order valence-electron chi connectivity index (χ3n) is 3.45. The van der Waals surface area contributed by atoms with Gasteiger partial charge in [0, 0.05) is 4.88 Å². The second kappa shape index (κ2) is 4.72. The van der Waals surface area contributed by atoms with Crippen LogP contribution < -0.4 is 5.32 Å². The van der Waals surface area contributed by atoms with Crippen molar-refractivity contribution in [2.75, 3.05) is 0 Å². The molecule has 1 aromatic heterocycles. The molecule has 1 saturated carbocycles. The van der Waals surface area contributed by atoms with Crippen LogP contribution in [0.3, 0.4) is 0 Å². The molecular formula is C13H17NO3S. The highest BCUT2D eigenvalue weighted by atomic mass is 32.1. The summed E-state index contributed by atoms with van der Waals surface area (Å²) in [6.45, 7) is 3.62. The van der Waals surface area contributed by atoms with Crippen molar-refractivity contribution >= 4 is 23.2 Å². The fourth-order valence-corrected chi connectivity index (χ4v) is 2.82. The molecular weight excluding hydrogens is 250 g/mol. The molecule has 0 bridgehead atoms. The maximum atomic E-state index is 12.1. The monoisotopic (exact) mass is 267 g/mol. The number of amides is 1. The first-order valence-electron chi connectivity index (χ1n) is 6.12. The van der Waals surface area contributed by atoms with Crippen molar-refractivity contribution in [3.8, 4) is 0 Å². The average molecular weight is 267 g/mol. The van der Waals surface area contributed by atoms with Gasteiger partial charge in [0.2, 0.25) is 0 Å². The van der Waals surface area contributed by atoms with Crippen LogP contribution in [0.4, 0.5) is 0 Å². The predicted octanol–water partition coefficient (Wildman–Crippen LogP) is 2.29. The van der Waals surface area contributed by atoms with Gasteiger partial charge in [0.05, 0.1) is 4.88 Å². The molecule has 0 saturated heterocycles. The van der Waals surface area contributed by atoms with Gasteiger partial charge in [0.1, 0.15) is 5.54 Å². The maximum Gasteiger partial charge on any atom is 0.329 e. The van der Waals surface area contributed by atoms with E-state index < -0.39 is 11.5 Å². The van der Waals surface area contributed by atoms with Crippen LogP contribution in [0, 0.1) is 5.92 Å². The van der Waals surface area contributed by atoms with Crippen LogP contribution in [0.1, 0.15) is 41.2 Å². The summed E-state index contributed by atoms with van der Waals surface area (Å²) in [5.74, 6) is -1.17. The second-order valence-electron chi connectivity index (χ2n) is 4.86. The minimum absolute atomic E-state index is 0.0598. The topological polar surface area (TPSA) is 66.4 Å². The van der Waals surface area contributed by atoms with Crippen molar-refractivity contribution in [2.45, 2.75) is 38.6 Å². The fourth-order valence-electron chi connectivity index (χ4n) is 1.98. The highest BCUT2D eigenvalue weighted by molar-refractivity contribution is 7.14.